The van der Waals surface area contributed by atoms with Crippen LogP contribution in [0.4, 0.5) is 0 Å². The molecule has 0 aliphatic carbocycles. The predicted molar refractivity (Wildman–Crippen MR) is 61.8 cm³/mol. The van der Waals surface area contributed by atoms with Crippen LogP contribution < -0.4 is 0 Å². The maximum absolute atomic E-state index is 10.6. The van der Waals surface area contributed by atoms with Crippen molar-refractivity contribution < 1.29 is 14.7 Å². The van der Waals surface area contributed by atoms with Crippen LogP contribution in [0, 0.1) is 5.92 Å². The second kappa shape index (κ2) is 11.0. The minimum absolute atomic E-state index is 0.225. The Morgan fingerprint density at radius 1 is 1.27 bits per heavy atom. The van der Waals surface area contributed by atoms with Crippen molar-refractivity contribution in [2.45, 2.75) is 47.0 Å². The van der Waals surface area contributed by atoms with Gasteiger partial charge in [-0.25, -0.2) is 0 Å². The number of carbonyl (C=O) groups excluding carboxylic acids is 1. The van der Waals surface area contributed by atoms with Crippen molar-refractivity contribution in [3.05, 3.63) is 12.2 Å². The molecule has 0 fully saturated rings. The van der Waals surface area contributed by atoms with Gasteiger partial charge in [0.05, 0.1) is 5.92 Å². The van der Waals surface area contributed by atoms with Crippen molar-refractivity contribution in [2.24, 2.45) is 5.92 Å². The van der Waals surface area contributed by atoms with Crippen LogP contribution in [0.3, 0.4) is 0 Å². The number of carbonyl (C=O) groups is 2. The highest BCUT2D eigenvalue weighted by atomic mass is 16.4. The van der Waals surface area contributed by atoms with Crippen LogP contribution in [0.5, 0.6) is 0 Å². The summed E-state index contributed by atoms with van der Waals surface area (Å²) in [6, 6.07) is 0. The lowest BCUT2D eigenvalue weighted by molar-refractivity contribution is -0.140. The molecule has 0 heterocycles. The molecule has 0 radical (unpaired) electrons. The average molecular weight is 214 g/mol. The highest BCUT2D eigenvalue weighted by Gasteiger charge is 1.99. The Labute approximate surface area is 92.2 Å². The van der Waals surface area contributed by atoms with Crippen molar-refractivity contribution in [3.8, 4) is 0 Å². The summed E-state index contributed by atoms with van der Waals surface area (Å²) in [5, 5.41) is 7.99. The number of rotatable bonds is 5. The van der Waals surface area contributed by atoms with E-state index in [9.17, 15) is 9.59 Å². The lowest BCUT2D eigenvalue weighted by atomic mass is 10.2. The van der Waals surface area contributed by atoms with Crippen LogP contribution in [-0.4, -0.2) is 16.9 Å². The maximum Gasteiger partial charge on any atom is 0.305 e. The van der Waals surface area contributed by atoms with E-state index in [0.717, 1.165) is 12.8 Å². The molecule has 0 aromatic heterocycles. The topological polar surface area (TPSA) is 54.4 Å². The van der Waals surface area contributed by atoms with Crippen molar-refractivity contribution >= 4 is 11.8 Å². The number of unbranched alkanes of at least 4 members (excludes halogenated alkanes) is 1. The lowest BCUT2D eigenvalue weighted by Gasteiger charge is -1.89. The zero-order valence-electron chi connectivity index (χ0n) is 10.1. The van der Waals surface area contributed by atoms with E-state index in [-0.39, 0.29) is 11.7 Å². The second-order valence-corrected chi connectivity index (χ2v) is 3.50. The average Bonchev–Trinajstić information content (AvgIpc) is 2.18. The van der Waals surface area contributed by atoms with Crippen LogP contribution >= 0.6 is 0 Å². The van der Waals surface area contributed by atoms with Crippen LogP contribution in [0.25, 0.3) is 0 Å². The smallest absolute Gasteiger partial charge is 0.305 e. The van der Waals surface area contributed by atoms with Gasteiger partial charge in [0.1, 0.15) is 0 Å². The first kappa shape index (κ1) is 16.3. The summed E-state index contributed by atoms with van der Waals surface area (Å²) in [4.78, 5) is 20.3. The number of carboxylic acids is 1. The Morgan fingerprint density at radius 3 is 2.00 bits per heavy atom. The molecule has 3 heteroatoms. The molecule has 0 aliphatic heterocycles. The van der Waals surface area contributed by atoms with Gasteiger partial charge in [0.2, 0.25) is 0 Å². The summed E-state index contributed by atoms with van der Waals surface area (Å²) in [6.07, 6.45) is 6.37. The second-order valence-electron chi connectivity index (χ2n) is 3.50. The van der Waals surface area contributed by atoms with E-state index < -0.39 is 5.97 Å². The fourth-order valence-corrected chi connectivity index (χ4v) is 0.499. The van der Waals surface area contributed by atoms with E-state index in [1.54, 1.807) is 19.9 Å². The molecule has 88 valence electrons. The molecule has 0 spiro atoms. The van der Waals surface area contributed by atoms with E-state index in [2.05, 4.69) is 6.92 Å². The minimum Gasteiger partial charge on any atom is -0.481 e. The van der Waals surface area contributed by atoms with Gasteiger partial charge >= 0.3 is 5.97 Å². The van der Waals surface area contributed by atoms with Gasteiger partial charge in [0.15, 0.2) is 5.78 Å². The summed E-state index contributed by atoms with van der Waals surface area (Å²) in [5.74, 6) is -0.747. The van der Waals surface area contributed by atoms with E-state index >= 15 is 0 Å². The van der Waals surface area contributed by atoms with Crippen molar-refractivity contribution in [1.29, 1.82) is 0 Å². The third-order valence-electron chi connectivity index (χ3n) is 1.60. The number of hydrogen-bond donors (Lipinski definition) is 1. The molecule has 0 amide bonds. The van der Waals surface area contributed by atoms with Gasteiger partial charge in [-0.1, -0.05) is 40.2 Å². The molecule has 0 aliphatic rings. The Morgan fingerprint density at radius 2 is 1.73 bits per heavy atom. The molecule has 0 atom stereocenters. The molecule has 1 N–H and O–H groups in total. The first-order chi connectivity index (χ1) is 6.95. The van der Waals surface area contributed by atoms with Crippen molar-refractivity contribution in [3.63, 3.8) is 0 Å². The number of hydrogen-bond acceptors (Lipinski definition) is 2. The van der Waals surface area contributed by atoms with Gasteiger partial charge in [0, 0.05) is 6.42 Å². The highest BCUT2D eigenvalue weighted by molar-refractivity contribution is 5.89. The minimum atomic E-state index is -0.741. The molecule has 0 aromatic rings. The number of ketones is 1. The summed E-state index contributed by atoms with van der Waals surface area (Å²) >= 11 is 0. The summed E-state index contributed by atoms with van der Waals surface area (Å²) in [6.45, 7) is 7.25. The molecule has 0 rings (SSSR count). The number of allylic oxidation sites excluding steroid dienone is 2. The molecule has 0 saturated heterocycles. The van der Waals surface area contributed by atoms with Gasteiger partial charge < -0.3 is 5.11 Å². The molecule has 0 aromatic carbocycles. The van der Waals surface area contributed by atoms with Gasteiger partial charge in [0.25, 0.3) is 0 Å². The zero-order valence-corrected chi connectivity index (χ0v) is 10.1. The lowest BCUT2D eigenvalue weighted by Crippen LogP contribution is -2.03. The van der Waals surface area contributed by atoms with Crippen molar-refractivity contribution in [1.82, 2.24) is 0 Å². The van der Waals surface area contributed by atoms with Gasteiger partial charge in [-0.05, 0) is 12.5 Å². The summed E-state index contributed by atoms with van der Waals surface area (Å²) in [7, 11) is 0. The third-order valence-corrected chi connectivity index (χ3v) is 1.60. The Kier molecular flexibility index (Phi) is 11.9. The Balaban J connectivity index is 0. The number of aliphatic carboxylic acids is 1. The van der Waals surface area contributed by atoms with Crippen LogP contribution in [-0.2, 0) is 9.59 Å². The predicted octanol–water partition coefficient (Wildman–Crippen LogP) is 3.05. The monoisotopic (exact) mass is 214 g/mol. The summed E-state index contributed by atoms with van der Waals surface area (Å²) in [5.41, 5.74) is 0. The van der Waals surface area contributed by atoms with Crippen LogP contribution in [0.2, 0.25) is 0 Å². The zero-order chi connectivity index (χ0) is 12.3. The summed E-state index contributed by atoms with van der Waals surface area (Å²) < 4.78 is 0. The number of carboxylic acid groups (broad SMARTS) is 1. The van der Waals surface area contributed by atoms with Crippen LogP contribution in [0.15, 0.2) is 12.2 Å². The normalized spacial score (nSPS) is 9.93. The molecular formula is C12H22O3. The van der Waals surface area contributed by atoms with Gasteiger partial charge in [-0.2, -0.15) is 0 Å². The van der Waals surface area contributed by atoms with Crippen LogP contribution in [0.1, 0.15) is 47.0 Å². The molecule has 3 nitrogen and oxygen atoms in total. The third kappa shape index (κ3) is 15.6. The van der Waals surface area contributed by atoms with E-state index in [1.165, 1.54) is 0 Å². The SMILES string of the molecule is CC(C)C(=O)O.CCCC=CC(=O)CC. The molecule has 0 bridgehead atoms. The molecular weight excluding hydrogens is 192 g/mol. The van der Waals surface area contributed by atoms with Gasteiger partial charge in [-0.3, -0.25) is 9.59 Å². The Hall–Kier alpha value is -1.12. The first-order valence-electron chi connectivity index (χ1n) is 5.37. The van der Waals surface area contributed by atoms with E-state index in [1.807, 2.05) is 13.0 Å². The largest absolute Gasteiger partial charge is 0.481 e. The molecule has 0 saturated carbocycles. The first-order valence-corrected chi connectivity index (χ1v) is 5.37. The Bertz CT molecular complexity index is 205. The standard InChI is InChI=1S/C8H14O.C4H8O2/c1-3-5-6-7-8(9)4-2;1-3(2)4(5)6/h6-7H,3-5H2,1-2H3;3H,1-2H3,(H,5,6). The van der Waals surface area contributed by atoms with Crippen molar-refractivity contribution in [2.75, 3.05) is 0 Å². The fraction of sp³-hybridized carbons (Fsp3) is 0.667. The van der Waals surface area contributed by atoms with E-state index in [0.29, 0.717) is 6.42 Å². The fourth-order valence-electron chi connectivity index (χ4n) is 0.499. The van der Waals surface area contributed by atoms with E-state index in [4.69, 9.17) is 5.11 Å². The maximum atomic E-state index is 10.6. The molecule has 0 unspecified atom stereocenters. The molecule has 15 heavy (non-hydrogen) atoms. The quantitative estimate of drug-likeness (QED) is 0.715. The highest BCUT2D eigenvalue weighted by Crippen LogP contribution is 1.90. The van der Waals surface area contributed by atoms with Gasteiger partial charge in [-0.15, -0.1) is 0 Å².